The van der Waals surface area contributed by atoms with E-state index < -0.39 is 6.04 Å². The van der Waals surface area contributed by atoms with Crippen LogP contribution in [0, 0.1) is 11.8 Å². The van der Waals surface area contributed by atoms with Gasteiger partial charge in [0.15, 0.2) is 0 Å². The lowest BCUT2D eigenvalue weighted by Crippen LogP contribution is -2.48. The Kier molecular flexibility index (Phi) is 4.90. The molecule has 0 aromatic heterocycles. The lowest BCUT2D eigenvalue weighted by atomic mass is 9.84. The largest absolute Gasteiger partial charge is 0.347 e. The van der Waals surface area contributed by atoms with Crippen LogP contribution in [-0.2, 0) is 9.59 Å². The van der Waals surface area contributed by atoms with Gasteiger partial charge in [-0.3, -0.25) is 9.59 Å². The van der Waals surface area contributed by atoms with E-state index in [2.05, 4.69) is 10.6 Å². The van der Waals surface area contributed by atoms with Crippen LogP contribution in [-0.4, -0.2) is 17.9 Å². The van der Waals surface area contributed by atoms with Gasteiger partial charge in [0, 0.05) is 10.9 Å². The molecule has 2 aliphatic rings. The van der Waals surface area contributed by atoms with Gasteiger partial charge in [-0.25, -0.2) is 0 Å². The Morgan fingerprint density at radius 1 is 1.09 bits per heavy atom. The van der Waals surface area contributed by atoms with Gasteiger partial charge in [0.05, 0.1) is 6.04 Å². The number of nitrogens with one attached hydrogen (secondary N) is 2. The molecular weight excluding hydrogens is 312 g/mol. The Bertz CT molecular complexity index is 579. The second-order valence-electron chi connectivity index (χ2n) is 6.73. The summed E-state index contributed by atoms with van der Waals surface area (Å²) in [5, 5.41) is 6.62. The maximum atomic E-state index is 12.4. The molecule has 0 spiro atoms. The van der Waals surface area contributed by atoms with Gasteiger partial charge >= 0.3 is 0 Å². The summed E-state index contributed by atoms with van der Waals surface area (Å²) in [7, 11) is 0. The summed E-state index contributed by atoms with van der Waals surface area (Å²) >= 11 is 5.94. The van der Waals surface area contributed by atoms with Crippen LogP contribution < -0.4 is 10.6 Å². The minimum absolute atomic E-state index is 0.00261. The monoisotopic (exact) mass is 334 g/mol. The van der Waals surface area contributed by atoms with E-state index in [1.165, 1.54) is 0 Å². The van der Waals surface area contributed by atoms with Crippen LogP contribution in [0.15, 0.2) is 24.3 Å². The normalized spacial score (nSPS) is 20.3. The Morgan fingerprint density at radius 3 is 2.26 bits per heavy atom. The predicted molar refractivity (Wildman–Crippen MR) is 90.0 cm³/mol. The van der Waals surface area contributed by atoms with Gasteiger partial charge in [-0.15, -0.1) is 0 Å². The van der Waals surface area contributed by atoms with Crippen molar-refractivity contribution in [2.45, 2.75) is 51.1 Å². The third-order valence-electron chi connectivity index (χ3n) is 4.85. The Morgan fingerprint density at radius 2 is 1.74 bits per heavy atom. The van der Waals surface area contributed by atoms with Crippen molar-refractivity contribution >= 4 is 23.4 Å². The fraction of sp³-hybridized carbons (Fsp3) is 0.556. The summed E-state index contributed by atoms with van der Waals surface area (Å²) in [5.74, 6) is 0.466. The zero-order chi connectivity index (χ0) is 16.4. The summed E-state index contributed by atoms with van der Waals surface area (Å²) in [6.45, 7) is 1.75. The van der Waals surface area contributed by atoms with E-state index in [1.54, 1.807) is 6.92 Å². The first kappa shape index (κ1) is 16.3. The molecule has 0 heterocycles. The number of halogens is 1. The van der Waals surface area contributed by atoms with Crippen LogP contribution in [0.1, 0.15) is 50.6 Å². The van der Waals surface area contributed by atoms with Gasteiger partial charge in [-0.2, -0.15) is 0 Å². The maximum absolute atomic E-state index is 12.4. The number of hydrogen-bond acceptors (Lipinski definition) is 2. The summed E-state index contributed by atoms with van der Waals surface area (Å²) in [6, 6.07) is 7.12. The van der Waals surface area contributed by atoms with Gasteiger partial charge < -0.3 is 10.6 Å². The fourth-order valence-electron chi connectivity index (χ4n) is 2.92. The standard InChI is InChI=1S/C18H23ClN2O2/c1-11(20-18(23)14-3-2-4-14)17(22)21-16(12-5-6-12)13-7-9-15(19)10-8-13/h7-12,14,16H,2-6H2,1H3,(H,20,23)(H,21,22). The molecule has 4 nitrogen and oxygen atoms in total. The van der Waals surface area contributed by atoms with Crippen molar-refractivity contribution in [3.05, 3.63) is 34.9 Å². The average Bonchev–Trinajstić information content (AvgIpc) is 3.28. The smallest absolute Gasteiger partial charge is 0.242 e. The van der Waals surface area contributed by atoms with Crippen molar-refractivity contribution in [2.75, 3.05) is 0 Å². The highest BCUT2D eigenvalue weighted by Crippen LogP contribution is 2.41. The number of rotatable bonds is 6. The molecule has 23 heavy (non-hydrogen) atoms. The highest BCUT2D eigenvalue weighted by molar-refractivity contribution is 6.30. The first-order chi connectivity index (χ1) is 11.0. The van der Waals surface area contributed by atoms with Crippen molar-refractivity contribution < 1.29 is 9.59 Å². The second kappa shape index (κ2) is 6.91. The molecule has 2 unspecified atom stereocenters. The minimum atomic E-state index is -0.503. The quantitative estimate of drug-likeness (QED) is 0.839. The topological polar surface area (TPSA) is 58.2 Å². The van der Waals surface area contributed by atoms with E-state index in [1.807, 2.05) is 24.3 Å². The van der Waals surface area contributed by atoms with Crippen LogP contribution in [0.2, 0.25) is 5.02 Å². The minimum Gasteiger partial charge on any atom is -0.347 e. The van der Waals surface area contributed by atoms with Crippen LogP contribution >= 0.6 is 11.6 Å². The fourth-order valence-corrected chi connectivity index (χ4v) is 3.04. The lowest BCUT2D eigenvalue weighted by molar-refractivity contribution is -0.132. The summed E-state index contributed by atoms with van der Waals surface area (Å²) in [6.07, 6.45) is 5.23. The van der Waals surface area contributed by atoms with Crippen molar-refractivity contribution in [3.63, 3.8) is 0 Å². The number of carbonyl (C=O) groups excluding carboxylic acids is 2. The Balaban J connectivity index is 1.59. The van der Waals surface area contributed by atoms with Crippen LogP contribution in [0.5, 0.6) is 0 Å². The van der Waals surface area contributed by atoms with Crippen LogP contribution in [0.25, 0.3) is 0 Å². The van der Waals surface area contributed by atoms with E-state index in [-0.39, 0.29) is 23.8 Å². The highest BCUT2D eigenvalue weighted by Gasteiger charge is 2.35. The molecule has 1 aromatic carbocycles. The van der Waals surface area contributed by atoms with Gasteiger partial charge in [0.2, 0.25) is 11.8 Å². The third kappa shape index (κ3) is 4.05. The van der Waals surface area contributed by atoms with Crippen molar-refractivity contribution in [3.8, 4) is 0 Å². The number of carbonyl (C=O) groups is 2. The average molecular weight is 335 g/mol. The molecule has 2 amide bonds. The summed E-state index contributed by atoms with van der Waals surface area (Å²) < 4.78 is 0. The van der Waals surface area contributed by atoms with E-state index in [9.17, 15) is 9.59 Å². The molecule has 3 rings (SSSR count). The zero-order valence-corrected chi connectivity index (χ0v) is 14.1. The van der Waals surface area contributed by atoms with Gasteiger partial charge in [0.25, 0.3) is 0 Å². The molecule has 0 saturated heterocycles. The van der Waals surface area contributed by atoms with Crippen molar-refractivity contribution in [1.82, 2.24) is 10.6 Å². The Labute approximate surface area is 142 Å². The predicted octanol–water partition coefficient (Wildman–Crippen LogP) is 3.21. The van der Waals surface area contributed by atoms with Gasteiger partial charge in [-0.05, 0) is 56.2 Å². The second-order valence-corrected chi connectivity index (χ2v) is 7.17. The van der Waals surface area contributed by atoms with Crippen LogP contribution in [0.3, 0.4) is 0 Å². The third-order valence-corrected chi connectivity index (χ3v) is 5.10. The number of amides is 2. The molecule has 2 fully saturated rings. The molecule has 0 bridgehead atoms. The zero-order valence-electron chi connectivity index (χ0n) is 13.3. The van der Waals surface area contributed by atoms with E-state index in [4.69, 9.17) is 11.6 Å². The molecule has 0 radical (unpaired) electrons. The molecule has 2 aliphatic carbocycles. The molecule has 124 valence electrons. The molecule has 1 aromatic rings. The molecule has 5 heteroatoms. The van der Waals surface area contributed by atoms with E-state index >= 15 is 0 Å². The maximum Gasteiger partial charge on any atom is 0.242 e. The van der Waals surface area contributed by atoms with Gasteiger partial charge in [0.1, 0.15) is 6.04 Å². The molecule has 2 N–H and O–H groups in total. The van der Waals surface area contributed by atoms with Crippen molar-refractivity contribution in [2.24, 2.45) is 11.8 Å². The lowest BCUT2D eigenvalue weighted by Gasteiger charge is -2.27. The number of benzene rings is 1. The number of hydrogen-bond donors (Lipinski definition) is 2. The van der Waals surface area contributed by atoms with Gasteiger partial charge in [-0.1, -0.05) is 30.2 Å². The summed E-state index contributed by atoms with van der Waals surface area (Å²) in [4.78, 5) is 24.4. The molecule has 2 atom stereocenters. The Hall–Kier alpha value is -1.55. The first-order valence-electron chi connectivity index (χ1n) is 8.41. The summed E-state index contributed by atoms with van der Waals surface area (Å²) in [5.41, 5.74) is 1.07. The van der Waals surface area contributed by atoms with Crippen molar-refractivity contribution in [1.29, 1.82) is 0 Å². The molecular formula is C18H23ClN2O2. The molecule has 0 aliphatic heterocycles. The first-order valence-corrected chi connectivity index (χ1v) is 8.78. The molecule has 2 saturated carbocycles. The van der Waals surface area contributed by atoms with Crippen LogP contribution in [0.4, 0.5) is 0 Å². The highest BCUT2D eigenvalue weighted by atomic mass is 35.5. The van der Waals surface area contributed by atoms with E-state index in [0.717, 1.165) is 37.7 Å². The SMILES string of the molecule is CC(NC(=O)C1CCC1)C(=O)NC(c1ccc(Cl)cc1)C1CC1. The van der Waals surface area contributed by atoms with E-state index in [0.29, 0.717) is 10.9 Å².